The summed E-state index contributed by atoms with van der Waals surface area (Å²) in [7, 11) is 0. The molecule has 0 N–H and O–H groups in total. The monoisotopic (exact) mass is 489 g/mol. The molecule has 0 atom stereocenters. The lowest BCUT2D eigenvalue weighted by molar-refractivity contribution is -0.118. The molecule has 1 aromatic carbocycles. The van der Waals surface area contributed by atoms with Gasteiger partial charge in [-0.15, -0.1) is 11.3 Å². The summed E-state index contributed by atoms with van der Waals surface area (Å²) in [5.74, 6) is 1.85. The number of fused-ring (bicyclic) bond motifs is 1. The third-order valence-electron chi connectivity index (χ3n) is 5.96. The molecule has 1 amide bonds. The minimum absolute atomic E-state index is 0.0258. The number of nitrogens with zero attached hydrogens (tertiary/aromatic N) is 5. The number of hydrogen-bond acceptors (Lipinski definition) is 7. The minimum atomic E-state index is -0.0258. The van der Waals surface area contributed by atoms with Crippen LogP contribution < -0.4 is 14.4 Å². The van der Waals surface area contributed by atoms with Crippen LogP contribution in [0.25, 0.3) is 5.95 Å². The van der Waals surface area contributed by atoms with Crippen LogP contribution in [-0.2, 0) is 17.8 Å². The van der Waals surface area contributed by atoms with Crippen molar-refractivity contribution in [2.75, 3.05) is 18.1 Å². The van der Waals surface area contributed by atoms with E-state index in [4.69, 9.17) is 9.47 Å². The number of carbonyl (C=O) groups is 1. The Balaban J connectivity index is 1.47. The maximum atomic E-state index is 13.8. The smallest absolute Gasteiger partial charge is 0.251 e. The molecular formula is C26H27N5O3S. The number of benzene rings is 1. The van der Waals surface area contributed by atoms with Crippen LogP contribution in [0, 0.1) is 27.7 Å². The number of rotatable bonds is 6. The van der Waals surface area contributed by atoms with Crippen molar-refractivity contribution in [1.82, 2.24) is 19.7 Å². The SMILES string of the molecule is Cc1cc(C)nc(-n2nc(C)c(CC(=O)N(Cc3cccs3)c3ccc4c(c3)OCCO4)c2C)n1. The Morgan fingerprint density at radius 1 is 1.03 bits per heavy atom. The van der Waals surface area contributed by atoms with Gasteiger partial charge in [0.15, 0.2) is 11.5 Å². The molecule has 1 aliphatic rings. The highest BCUT2D eigenvalue weighted by molar-refractivity contribution is 7.09. The molecule has 0 bridgehead atoms. The Kier molecular flexibility index (Phi) is 6.25. The predicted octanol–water partition coefficient (Wildman–Crippen LogP) is 4.50. The topological polar surface area (TPSA) is 82.4 Å². The zero-order valence-corrected chi connectivity index (χ0v) is 21.1. The molecule has 1 aliphatic heterocycles. The van der Waals surface area contributed by atoms with E-state index in [9.17, 15) is 4.79 Å². The van der Waals surface area contributed by atoms with Crippen LogP contribution in [0.5, 0.6) is 11.5 Å². The molecule has 180 valence electrons. The summed E-state index contributed by atoms with van der Waals surface area (Å²) in [4.78, 5) is 25.7. The number of thiophene rings is 1. The Labute approximate surface area is 208 Å². The van der Waals surface area contributed by atoms with E-state index in [0.717, 1.165) is 38.9 Å². The van der Waals surface area contributed by atoms with Crippen LogP contribution in [0.3, 0.4) is 0 Å². The largest absolute Gasteiger partial charge is 0.486 e. The average molecular weight is 490 g/mol. The zero-order valence-electron chi connectivity index (χ0n) is 20.2. The van der Waals surface area contributed by atoms with Crippen molar-refractivity contribution in [3.8, 4) is 17.4 Å². The van der Waals surface area contributed by atoms with Crippen molar-refractivity contribution in [1.29, 1.82) is 0 Å². The lowest BCUT2D eigenvalue weighted by Gasteiger charge is -2.25. The first-order valence-electron chi connectivity index (χ1n) is 11.5. The first-order valence-corrected chi connectivity index (χ1v) is 12.4. The van der Waals surface area contributed by atoms with Crippen molar-refractivity contribution in [3.05, 3.63) is 75.0 Å². The first kappa shape index (κ1) is 23.0. The number of aryl methyl sites for hydroxylation is 3. The summed E-state index contributed by atoms with van der Waals surface area (Å²) in [5.41, 5.74) is 5.05. The molecule has 0 saturated heterocycles. The van der Waals surface area contributed by atoms with E-state index in [1.54, 1.807) is 20.9 Å². The third kappa shape index (κ3) is 4.77. The van der Waals surface area contributed by atoms with Crippen molar-refractivity contribution >= 4 is 22.9 Å². The highest BCUT2D eigenvalue weighted by Gasteiger charge is 2.24. The fourth-order valence-corrected chi connectivity index (χ4v) is 4.95. The predicted molar refractivity (Wildman–Crippen MR) is 135 cm³/mol. The van der Waals surface area contributed by atoms with Gasteiger partial charge < -0.3 is 14.4 Å². The van der Waals surface area contributed by atoms with Crippen LogP contribution in [0.15, 0.2) is 41.8 Å². The van der Waals surface area contributed by atoms with Crippen LogP contribution >= 0.6 is 11.3 Å². The van der Waals surface area contributed by atoms with Crippen LogP contribution in [0.2, 0.25) is 0 Å². The quantitative estimate of drug-likeness (QED) is 0.397. The van der Waals surface area contributed by atoms with Crippen LogP contribution in [0.4, 0.5) is 5.69 Å². The van der Waals surface area contributed by atoms with E-state index in [2.05, 4.69) is 15.1 Å². The van der Waals surface area contributed by atoms with Gasteiger partial charge in [-0.2, -0.15) is 5.10 Å². The Morgan fingerprint density at radius 2 is 1.77 bits per heavy atom. The van der Waals surface area contributed by atoms with Gasteiger partial charge in [-0.1, -0.05) is 6.07 Å². The molecular weight excluding hydrogens is 462 g/mol. The fraction of sp³-hybridized carbons (Fsp3) is 0.308. The van der Waals surface area contributed by atoms with E-state index >= 15 is 0 Å². The molecule has 4 heterocycles. The van der Waals surface area contributed by atoms with Crippen molar-refractivity contribution in [2.45, 2.75) is 40.7 Å². The summed E-state index contributed by atoms with van der Waals surface area (Å²) in [6.07, 6.45) is 0.211. The second kappa shape index (κ2) is 9.50. The fourth-order valence-electron chi connectivity index (χ4n) is 4.26. The molecule has 35 heavy (non-hydrogen) atoms. The lowest BCUT2D eigenvalue weighted by atomic mass is 10.1. The standard InChI is InChI=1S/C26H27N5O3S/c1-16-12-17(2)28-26(27-16)31-19(4)22(18(3)29-31)14-25(32)30(15-21-6-5-11-35-21)20-7-8-23-24(13-20)34-10-9-33-23/h5-8,11-13H,9-10,14-15H2,1-4H3. The summed E-state index contributed by atoms with van der Waals surface area (Å²) in [6.45, 7) is 9.24. The van der Waals surface area contributed by atoms with Gasteiger partial charge in [0.05, 0.1) is 18.7 Å². The molecule has 0 unspecified atom stereocenters. The number of amides is 1. The molecule has 0 saturated carbocycles. The van der Waals surface area contributed by atoms with E-state index in [0.29, 0.717) is 37.2 Å². The van der Waals surface area contributed by atoms with E-state index in [-0.39, 0.29) is 12.3 Å². The number of anilines is 1. The summed E-state index contributed by atoms with van der Waals surface area (Å²) in [6, 6.07) is 11.6. The Morgan fingerprint density at radius 3 is 2.49 bits per heavy atom. The lowest BCUT2D eigenvalue weighted by Crippen LogP contribution is -2.32. The summed E-state index contributed by atoms with van der Waals surface area (Å²) >= 11 is 1.63. The van der Waals surface area contributed by atoms with Gasteiger partial charge in [-0.05, 0) is 57.3 Å². The third-order valence-corrected chi connectivity index (χ3v) is 6.82. The molecule has 0 aliphatic carbocycles. The van der Waals surface area contributed by atoms with Gasteiger partial charge in [0, 0.05) is 39.3 Å². The molecule has 9 heteroatoms. The van der Waals surface area contributed by atoms with Gasteiger partial charge in [-0.25, -0.2) is 14.6 Å². The molecule has 8 nitrogen and oxygen atoms in total. The molecule has 5 rings (SSSR count). The molecule has 0 spiro atoms. The highest BCUT2D eigenvalue weighted by Crippen LogP contribution is 2.35. The molecule has 0 fully saturated rings. The molecule has 4 aromatic rings. The Hall–Kier alpha value is -3.72. The zero-order chi connectivity index (χ0) is 24.5. The van der Waals surface area contributed by atoms with E-state index in [1.165, 1.54) is 0 Å². The maximum absolute atomic E-state index is 13.8. The number of hydrogen-bond donors (Lipinski definition) is 0. The number of ether oxygens (including phenoxy) is 2. The average Bonchev–Trinajstić information content (AvgIpc) is 3.45. The maximum Gasteiger partial charge on any atom is 0.251 e. The van der Waals surface area contributed by atoms with Gasteiger partial charge in [-0.3, -0.25) is 4.79 Å². The molecule has 0 radical (unpaired) electrons. The second-order valence-corrected chi connectivity index (χ2v) is 9.61. The van der Waals surface area contributed by atoms with Crippen molar-refractivity contribution in [3.63, 3.8) is 0 Å². The van der Waals surface area contributed by atoms with Gasteiger partial charge in [0.2, 0.25) is 5.91 Å². The second-order valence-electron chi connectivity index (χ2n) is 8.58. The van der Waals surface area contributed by atoms with Crippen molar-refractivity contribution in [2.24, 2.45) is 0 Å². The normalized spacial score (nSPS) is 12.6. The molecule has 3 aromatic heterocycles. The summed E-state index contributed by atoms with van der Waals surface area (Å²) in [5, 5.41) is 6.69. The van der Waals surface area contributed by atoms with E-state index < -0.39 is 0 Å². The number of carbonyl (C=O) groups excluding carboxylic acids is 1. The highest BCUT2D eigenvalue weighted by atomic mass is 32.1. The van der Waals surface area contributed by atoms with Gasteiger partial charge in [0.1, 0.15) is 13.2 Å². The first-order chi connectivity index (χ1) is 16.9. The minimum Gasteiger partial charge on any atom is -0.486 e. The summed E-state index contributed by atoms with van der Waals surface area (Å²) < 4.78 is 13.2. The van der Waals surface area contributed by atoms with Gasteiger partial charge in [0.25, 0.3) is 5.95 Å². The van der Waals surface area contributed by atoms with Gasteiger partial charge >= 0.3 is 0 Å². The van der Waals surface area contributed by atoms with Crippen molar-refractivity contribution < 1.29 is 14.3 Å². The van der Waals surface area contributed by atoms with Crippen LogP contribution in [0.1, 0.15) is 33.2 Å². The van der Waals surface area contributed by atoms with Crippen LogP contribution in [-0.4, -0.2) is 38.9 Å². The number of aromatic nitrogens is 4. The van der Waals surface area contributed by atoms with E-state index in [1.807, 2.05) is 69.5 Å². The Bertz CT molecular complexity index is 1360.